The van der Waals surface area contributed by atoms with Crippen molar-refractivity contribution in [1.29, 1.82) is 0 Å². The van der Waals surface area contributed by atoms with Gasteiger partial charge in [0.15, 0.2) is 0 Å². The second-order valence-corrected chi connectivity index (χ2v) is 5.45. The lowest BCUT2D eigenvalue weighted by molar-refractivity contribution is 0.0773. The zero-order valence-corrected chi connectivity index (χ0v) is 13.6. The molecule has 0 aliphatic carbocycles. The van der Waals surface area contributed by atoms with Crippen LogP contribution >= 0.6 is 0 Å². The minimum atomic E-state index is 0.103. The van der Waals surface area contributed by atoms with Crippen LogP contribution in [0.4, 0.5) is 0 Å². The van der Waals surface area contributed by atoms with Crippen LogP contribution in [0.25, 0.3) is 5.69 Å². The highest BCUT2D eigenvalue weighted by molar-refractivity contribution is 5.98. The number of benzene rings is 1. The Kier molecular flexibility index (Phi) is 4.51. The van der Waals surface area contributed by atoms with E-state index in [0.717, 1.165) is 41.3 Å². The maximum absolute atomic E-state index is 12.8. The van der Waals surface area contributed by atoms with E-state index in [1.165, 1.54) is 0 Å². The number of aromatic nitrogens is 1. The molecule has 0 saturated heterocycles. The molecule has 1 heterocycles. The molecule has 2 aromatic rings. The van der Waals surface area contributed by atoms with Gasteiger partial charge in [-0.25, -0.2) is 0 Å². The number of aryl methyl sites for hydroxylation is 3. The third-order valence-corrected chi connectivity index (χ3v) is 3.95. The normalized spacial score (nSPS) is 10.7. The first-order valence-corrected chi connectivity index (χ1v) is 7.54. The van der Waals surface area contributed by atoms with Crippen LogP contribution in [0.2, 0.25) is 0 Å². The first-order chi connectivity index (χ1) is 9.99. The van der Waals surface area contributed by atoms with Crippen molar-refractivity contribution in [3.8, 4) is 5.69 Å². The number of rotatable bonds is 4. The highest BCUT2D eigenvalue weighted by Gasteiger charge is 2.19. The monoisotopic (exact) mass is 284 g/mol. The summed E-state index contributed by atoms with van der Waals surface area (Å²) in [6.45, 7) is 11.7. The number of hydrogen-bond donors (Lipinski definition) is 0. The second kappa shape index (κ2) is 6.17. The molecule has 0 radical (unpaired) electrons. The molecular weight excluding hydrogens is 260 g/mol. The lowest BCUT2D eigenvalue weighted by Crippen LogP contribution is -2.31. The minimum Gasteiger partial charge on any atom is -0.339 e. The number of hydrogen-bond acceptors (Lipinski definition) is 1. The molecule has 0 fully saturated rings. The predicted molar refractivity (Wildman–Crippen MR) is 87.2 cm³/mol. The van der Waals surface area contributed by atoms with Gasteiger partial charge in [-0.05, 0) is 58.9 Å². The van der Waals surface area contributed by atoms with Crippen LogP contribution in [0.15, 0.2) is 30.3 Å². The summed E-state index contributed by atoms with van der Waals surface area (Å²) in [5.74, 6) is 0.103. The molecule has 112 valence electrons. The van der Waals surface area contributed by atoms with Gasteiger partial charge in [-0.3, -0.25) is 4.79 Å². The summed E-state index contributed by atoms with van der Waals surface area (Å²) in [6, 6.07) is 10.3. The molecule has 0 saturated carbocycles. The van der Waals surface area contributed by atoms with E-state index in [0.29, 0.717) is 0 Å². The fourth-order valence-electron chi connectivity index (χ4n) is 2.75. The maximum atomic E-state index is 12.8. The number of carbonyl (C=O) groups is 1. The molecular formula is C18H24N2O. The molecule has 3 heteroatoms. The van der Waals surface area contributed by atoms with Gasteiger partial charge in [0.05, 0.1) is 11.3 Å². The Balaban J connectivity index is 2.61. The summed E-state index contributed by atoms with van der Waals surface area (Å²) in [5.41, 5.74) is 5.14. The molecule has 3 nitrogen and oxygen atoms in total. The van der Waals surface area contributed by atoms with Crippen molar-refractivity contribution < 1.29 is 4.79 Å². The van der Waals surface area contributed by atoms with Gasteiger partial charge in [-0.2, -0.15) is 0 Å². The molecule has 0 spiro atoms. The Labute approximate surface area is 127 Å². The lowest BCUT2D eigenvalue weighted by atomic mass is 10.1. The quantitative estimate of drug-likeness (QED) is 0.836. The van der Waals surface area contributed by atoms with Gasteiger partial charge in [-0.15, -0.1) is 0 Å². The van der Waals surface area contributed by atoms with Crippen molar-refractivity contribution in [2.75, 3.05) is 13.1 Å². The van der Waals surface area contributed by atoms with Gasteiger partial charge in [0.2, 0.25) is 0 Å². The first kappa shape index (κ1) is 15.4. The predicted octanol–water partition coefficient (Wildman–Crippen LogP) is 3.88. The molecule has 0 aliphatic heterocycles. The highest BCUT2D eigenvalue weighted by atomic mass is 16.2. The smallest absolute Gasteiger partial charge is 0.255 e. The van der Waals surface area contributed by atoms with E-state index in [2.05, 4.69) is 36.6 Å². The van der Waals surface area contributed by atoms with Crippen molar-refractivity contribution in [2.45, 2.75) is 34.6 Å². The third-order valence-electron chi connectivity index (χ3n) is 3.95. The Morgan fingerprint density at radius 2 is 1.57 bits per heavy atom. The molecule has 0 unspecified atom stereocenters. The molecule has 0 atom stereocenters. The zero-order chi connectivity index (χ0) is 15.6. The van der Waals surface area contributed by atoms with Crippen molar-refractivity contribution in [3.63, 3.8) is 0 Å². The lowest BCUT2D eigenvalue weighted by Gasteiger charge is -2.22. The Bertz CT molecular complexity index is 632. The molecule has 0 aliphatic rings. The maximum Gasteiger partial charge on any atom is 0.255 e. The second-order valence-electron chi connectivity index (χ2n) is 5.45. The van der Waals surface area contributed by atoms with Crippen LogP contribution in [-0.4, -0.2) is 28.5 Å². The van der Waals surface area contributed by atoms with Crippen molar-refractivity contribution >= 4 is 5.91 Å². The average Bonchev–Trinajstić information content (AvgIpc) is 2.79. The van der Waals surface area contributed by atoms with E-state index in [9.17, 15) is 4.79 Å². The summed E-state index contributed by atoms with van der Waals surface area (Å²) in [6.07, 6.45) is 0. The van der Waals surface area contributed by atoms with E-state index in [4.69, 9.17) is 0 Å². The summed E-state index contributed by atoms with van der Waals surface area (Å²) in [5, 5.41) is 0. The van der Waals surface area contributed by atoms with Gasteiger partial charge < -0.3 is 9.47 Å². The molecule has 0 bridgehead atoms. The summed E-state index contributed by atoms with van der Waals surface area (Å²) in [4.78, 5) is 14.7. The van der Waals surface area contributed by atoms with Gasteiger partial charge in [0.1, 0.15) is 0 Å². The van der Waals surface area contributed by atoms with Crippen molar-refractivity contribution in [2.24, 2.45) is 0 Å². The first-order valence-electron chi connectivity index (χ1n) is 7.54. The minimum absolute atomic E-state index is 0.103. The largest absolute Gasteiger partial charge is 0.339 e. The van der Waals surface area contributed by atoms with E-state index in [1.807, 2.05) is 37.8 Å². The van der Waals surface area contributed by atoms with Gasteiger partial charge in [0.25, 0.3) is 5.91 Å². The number of nitrogens with zero attached hydrogens (tertiary/aromatic N) is 2. The van der Waals surface area contributed by atoms with Crippen LogP contribution in [0.1, 0.15) is 41.2 Å². The number of amides is 1. The fourth-order valence-corrected chi connectivity index (χ4v) is 2.75. The molecule has 1 amide bonds. The van der Waals surface area contributed by atoms with E-state index < -0.39 is 0 Å². The average molecular weight is 284 g/mol. The topological polar surface area (TPSA) is 25.2 Å². The summed E-state index contributed by atoms with van der Waals surface area (Å²) in [7, 11) is 0. The standard InChI is InChI=1S/C18H24N2O/c1-6-19(7-2)18(21)16-12-13(3)8-11-17(16)20-14(4)9-10-15(20)5/h8-12H,6-7H2,1-5H3. The van der Waals surface area contributed by atoms with Crippen molar-refractivity contribution in [3.05, 3.63) is 52.8 Å². The molecule has 0 N–H and O–H groups in total. The van der Waals surface area contributed by atoms with Crippen LogP contribution in [-0.2, 0) is 0 Å². The molecule has 21 heavy (non-hydrogen) atoms. The van der Waals surface area contributed by atoms with Gasteiger partial charge in [-0.1, -0.05) is 11.6 Å². The summed E-state index contributed by atoms with van der Waals surface area (Å²) >= 11 is 0. The van der Waals surface area contributed by atoms with Crippen LogP contribution in [0.5, 0.6) is 0 Å². The van der Waals surface area contributed by atoms with E-state index in [-0.39, 0.29) is 5.91 Å². The van der Waals surface area contributed by atoms with Gasteiger partial charge in [0, 0.05) is 24.5 Å². The summed E-state index contributed by atoms with van der Waals surface area (Å²) < 4.78 is 2.15. The Morgan fingerprint density at radius 1 is 1.00 bits per heavy atom. The SMILES string of the molecule is CCN(CC)C(=O)c1cc(C)ccc1-n1c(C)ccc1C. The van der Waals surface area contributed by atoms with Gasteiger partial charge >= 0.3 is 0 Å². The fraction of sp³-hybridized carbons (Fsp3) is 0.389. The van der Waals surface area contributed by atoms with Crippen LogP contribution in [0.3, 0.4) is 0 Å². The Morgan fingerprint density at radius 3 is 2.10 bits per heavy atom. The van der Waals surface area contributed by atoms with Crippen LogP contribution in [0, 0.1) is 20.8 Å². The number of carbonyl (C=O) groups excluding carboxylic acids is 1. The van der Waals surface area contributed by atoms with E-state index in [1.54, 1.807) is 0 Å². The van der Waals surface area contributed by atoms with Crippen LogP contribution < -0.4 is 0 Å². The highest BCUT2D eigenvalue weighted by Crippen LogP contribution is 2.23. The molecule has 1 aromatic carbocycles. The van der Waals surface area contributed by atoms with Crippen molar-refractivity contribution in [1.82, 2.24) is 9.47 Å². The molecule has 1 aromatic heterocycles. The Hall–Kier alpha value is -2.03. The zero-order valence-electron chi connectivity index (χ0n) is 13.6. The third kappa shape index (κ3) is 2.87. The van der Waals surface area contributed by atoms with E-state index >= 15 is 0 Å². The molecule has 2 rings (SSSR count).